The molecule has 0 saturated heterocycles. The van der Waals surface area contributed by atoms with E-state index >= 15 is 0 Å². The molecular weight excluding hydrogens is 323 g/mol. The van der Waals surface area contributed by atoms with E-state index in [0.717, 1.165) is 22.4 Å². The molecule has 2 nitrogen and oxygen atoms in total. The highest BCUT2D eigenvalue weighted by Crippen LogP contribution is 2.28. The Labute approximate surface area is 144 Å². The summed E-state index contributed by atoms with van der Waals surface area (Å²) in [6, 6.07) is 22.2. The number of rotatable bonds is 3. The third-order valence-corrected chi connectivity index (χ3v) is 4.26. The predicted octanol–water partition coefficient (Wildman–Crippen LogP) is 5.54. The highest BCUT2D eigenvalue weighted by atomic mass is 35.5. The minimum Gasteiger partial charge on any atom is -0.319 e. The maximum Gasteiger partial charge on any atom is 0.141 e. The maximum atomic E-state index is 14.1. The van der Waals surface area contributed by atoms with Crippen molar-refractivity contribution in [1.29, 1.82) is 0 Å². The summed E-state index contributed by atoms with van der Waals surface area (Å²) in [6.07, 6.45) is 0. The number of fused-ring (bicyclic) bond motifs is 1. The lowest BCUT2D eigenvalue weighted by Gasteiger charge is -2.10. The smallest absolute Gasteiger partial charge is 0.141 e. The normalized spacial score (nSPS) is 11.1. The SMILES string of the molecule is Fc1ccccc1Cn1c(-c2cccc(Cl)c2)nc2ccccc21. The number of nitrogens with zero attached hydrogens (tertiary/aromatic N) is 2. The fourth-order valence-electron chi connectivity index (χ4n) is 2.88. The van der Waals surface area contributed by atoms with Crippen LogP contribution in [0, 0.1) is 5.82 Å². The second kappa shape index (κ2) is 6.10. The van der Waals surface area contributed by atoms with Crippen molar-refractivity contribution in [3.05, 3.63) is 89.2 Å². The number of hydrogen-bond donors (Lipinski definition) is 0. The molecule has 0 N–H and O–H groups in total. The van der Waals surface area contributed by atoms with Crippen molar-refractivity contribution in [3.8, 4) is 11.4 Å². The highest BCUT2D eigenvalue weighted by molar-refractivity contribution is 6.30. The summed E-state index contributed by atoms with van der Waals surface area (Å²) >= 11 is 6.13. The van der Waals surface area contributed by atoms with Gasteiger partial charge in [-0.3, -0.25) is 0 Å². The first kappa shape index (κ1) is 14.9. The molecule has 24 heavy (non-hydrogen) atoms. The minimum atomic E-state index is -0.215. The second-order valence-corrected chi connectivity index (χ2v) is 6.05. The van der Waals surface area contributed by atoms with E-state index in [2.05, 4.69) is 0 Å². The van der Waals surface area contributed by atoms with E-state index in [0.29, 0.717) is 17.1 Å². The lowest BCUT2D eigenvalue weighted by atomic mass is 10.2. The third kappa shape index (κ3) is 2.68. The quantitative estimate of drug-likeness (QED) is 0.480. The van der Waals surface area contributed by atoms with Crippen LogP contribution in [0.25, 0.3) is 22.4 Å². The Bertz CT molecular complexity index is 1020. The van der Waals surface area contributed by atoms with Gasteiger partial charge in [-0.15, -0.1) is 0 Å². The molecule has 4 rings (SSSR count). The zero-order chi connectivity index (χ0) is 16.5. The molecule has 0 fully saturated rings. The van der Waals surface area contributed by atoms with E-state index in [1.807, 2.05) is 59.2 Å². The third-order valence-electron chi connectivity index (χ3n) is 4.02. The van der Waals surface area contributed by atoms with Crippen LogP contribution >= 0.6 is 11.6 Å². The maximum absolute atomic E-state index is 14.1. The zero-order valence-electron chi connectivity index (χ0n) is 12.8. The molecule has 0 amide bonds. The van der Waals surface area contributed by atoms with Crippen molar-refractivity contribution in [3.63, 3.8) is 0 Å². The summed E-state index contributed by atoms with van der Waals surface area (Å²) in [5.41, 5.74) is 3.39. The van der Waals surface area contributed by atoms with Crippen molar-refractivity contribution < 1.29 is 4.39 Å². The zero-order valence-corrected chi connectivity index (χ0v) is 13.5. The van der Waals surface area contributed by atoms with Gasteiger partial charge in [-0.05, 0) is 30.3 Å². The van der Waals surface area contributed by atoms with Crippen LogP contribution < -0.4 is 0 Å². The molecule has 0 aliphatic rings. The summed E-state index contributed by atoms with van der Waals surface area (Å²) in [7, 11) is 0. The Morgan fingerprint density at radius 1 is 0.917 bits per heavy atom. The van der Waals surface area contributed by atoms with Crippen LogP contribution in [0.3, 0.4) is 0 Å². The average molecular weight is 337 g/mol. The predicted molar refractivity (Wildman–Crippen MR) is 95.7 cm³/mol. The topological polar surface area (TPSA) is 17.8 Å². The molecule has 1 aromatic heterocycles. The van der Waals surface area contributed by atoms with Gasteiger partial charge in [0.2, 0.25) is 0 Å². The molecule has 0 radical (unpaired) electrons. The van der Waals surface area contributed by atoms with Gasteiger partial charge in [0, 0.05) is 16.1 Å². The Morgan fingerprint density at radius 3 is 2.54 bits per heavy atom. The molecule has 1 heterocycles. The molecule has 0 unspecified atom stereocenters. The van der Waals surface area contributed by atoms with Gasteiger partial charge in [0.05, 0.1) is 17.6 Å². The number of halogens is 2. The van der Waals surface area contributed by atoms with Gasteiger partial charge in [-0.2, -0.15) is 0 Å². The van der Waals surface area contributed by atoms with E-state index in [-0.39, 0.29) is 5.82 Å². The monoisotopic (exact) mass is 336 g/mol. The first-order valence-corrected chi connectivity index (χ1v) is 8.05. The molecule has 0 bridgehead atoms. The molecular formula is C20H14ClFN2. The van der Waals surface area contributed by atoms with E-state index in [4.69, 9.17) is 16.6 Å². The highest BCUT2D eigenvalue weighted by Gasteiger charge is 2.14. The van der Waals surface area contributed by atoms with Crippen molar-refractivity contribution in [2.75, 3.05) is 0 Å². The molecule has 4 heteroatoms. The molecule has 4 aromatic rings. The standard InChI is InChI=1S/C20H14ClFN2/c21-16-8-5-7-14(12-16)20-23-18-10-3-4-11-19(18)24(20)13-15-6-1-2-9-17(15)22/h1-12H,13H2. The van der Waals surface area contributed by atoms with E-state index in [9.17, 15) is 4.39 Å². The Morgan fingerprint density at radius 2 is 1.71 bits per heavy atom. The summed E-state index contributed by atoms with van der Waals surface area (Å²) in [5.74, 6) is 0.564. The van der Waals surface area contributed by atoms with Gasteiger partial charge in [0.25, 0.3) is 0 Å². The number of hydrogen-bond acceptors (Lipinski definition) is 1. The molecule has 0 aliphatic carbocycles. The molecule has 0 atom stereocenters. The van der Waals surface area contributed by atoms with Crippen molar-refractivity contribution >= 4 is 22.6 Å². The van der Waals surface area contributed by atoms with E-state index in [1.165, 1.54) is 6.07 Å². The molecule has 3 aromatic carbocycles. The van der Waals surface area contributed by atoms with Crippen molar-refractivity contribution in [2.45, 2.75) is 6.54 Å². The molecule has 118 valence electrons. The fourth-order valence-corrected chi connectivity index (χ4v) is 3.07. The summed E-state index contributed by atoms with van der Waals surface area (Å²) < 4.78 is 16.2. The fraction of sp³-hybridized carbons (Fsp3) is 0.0500. The summed E-state index contributed by atoms with van der Waals surface area (Å²) in [5, 5.41) is 0.650. The first-order chi connectivity index (χ1) is 11.7. The number of benzene rings is 3. The first-order valence-electron chi connectivity index (χ1n) is 7.67. The van der Waals surface area contributed by atoms with Crippen LogP contribution in [0.15, 0.2) is 72.8 Å². The minimum absolute atomic E-state index is 0.215. The van der Waals surface area contributed by atoms with Crippen molar-refractivity contribution in [2.24, 2.45) is 0 Å². The van der Waals surface area contributed by atoms with Gasteiger partial charge in [0.1, 0.15) is 11.6 Å². The van der Waals surface area contributed by atoms with Crippen LogP contribution in [0.1, 0.15) is 5.56 Å². The second-order valence-electron chi connectivity index (χ2n) is 5.61. The lowest BCUT2D eigenvalue weighted by molar-refractivity contribution is 0.602. The number of para-hydroxylation sites is 2. The summed E-state index contributed by atoms with van der Waals surface area (Å²) in [4.78, 5) is 4.73. The Hall–Kier alpha value is -2.65. The Kier molecular flexibility index (Phi) is 3.79. The van der Waals surface area contributed by atoms with Crippen LogP contribution in [-0.4, -0.2) is 9.55 Å². The van der Waals surface area contributed by atoms with Gasteiger partial charge < -0.3 is 4.57 Å². The van der Waals surface area contributed by atoms with Gasteiger partial charge in [-0.25, -0.2) is 9.37 Å². The molecule has 0 saturated carbocycles. The average Bonchev–Trinajstić information content (AvgIpc) is 2.96. The van der Waals surface area contributed by atoms with Gasteiger partial charge in [-0.1, -0.05) is 54.1 Å². The van der Waals surface area contributed by atoms with Crippen LogP contribution in [0.2, 0.25) is 5.02 Å². The van der Waals surface area contributed by atoms with Crippen LogP contribution in [0.4, 0.5) is 4.39 Å². The number of imidazole rings is 1. The number of aromatic nitrogens is 2. The van der Waals surface area contributed by atoms with Crippen LogP contribution in [-0.2, 0) is 6.54 Å². The van der Waals surface area contributed by atoms with Crippen molar-refractivity contribution in [1.82, 2.24) is 9.55 Å². The molecule has 0 aliphatic heterocycles. The van der Waals surface area contributed by atoms with E-state index in [1.54, 1.807) is 12.1 Å². The van der Waals surface area contributed by atoms with Gasteiger partial charge >= 0.3 is 0 Å². The summed E-state index contributed by atoms with van der Waals surface area (Å²) in [6.45, 7) is 0.412. The van der Waals surface area contributed by atoms with Crippen LogP contribution in [0.5, 0.6) is 0 Å². The molecule has 0 spiro atoms. The van der Waals surface area contributed by atoms with E-state index < -0.39 is 0 Å². The lowest BCUT2D eigenvalue weighted by Crippen LogP contribution is -2.04. The van der Waals surface area contributed by atoms with Gasteiger partial charge in [0.15, 0.2) is 0 Å². The Balaban J connectivity index is 1.92. The largest absolute Gasteiger partial charge is 0.319 e.